The summed E-state index contributed by atoms with van der Waals surface area (Å²) in [5.41, 5.74) is 0. The Morgan fingerprint density at radius 3 is 2.33 bits per heavy atom. The molecule has 0 aliphatic rings. The molecule has 0 spiro atoms. The Morgan fingerprint density at radius 1 is 1.11 bits per heavy atom. The summed E-state index contributed by atoms with van der Waals surface area (Å²) in [5.74, 6) is 0.250. The van der Waals surface area contributed by atoms with E-state index in [1.54, 1.807) is 23.9 Å². The smallest absolute Gasteiger partial charge is 0.115 e. The van der Waals surface area contributed by atoms with Crippen LogP contribution >= 0.6 is 29.3 Å². The van der Waals surface area contributed by atoms with Crippen molar-refractivity contribution < 1.29 is 5.11 Å². The first-order valence-electron chi connectivity index (χ1n) is 5.31. The zero-order chi connectivity index (χ0) is 13.2. The van der Waals surface area contributed by atoms with Crippen molar-refractivity contribution in [1.29, 1.82) is 0 Å². The highest BCUT2D eigenvalue weighted by atomic mass is 32.9. The van der Waals surface area contributed by atoms with Crippen molar-refractivity contribution in [3.8, 4) is 5.75 Å². The zero-order valence-corrected chi connectivity index (χ0v) is 13.2. The van der Waals surface area contributed by atoms with Gasteiger partial charge < -0.3 is 5.11 Å². The van der Waals surface area contributed by atoms with Gasteiger partial charge >= 0.3 is 0 Å². The van der Waals surface area contributed by atoms with E-state index in [0.717, 1.165) is 10.6 Å². The van der Waals surface area contributed by atoms with Gasteiger partial charge in [0.1, 0.15) is 5.75 Å². The molecule has 0 aromatic heterocycles. The Bertz CT molecular complexity index is 595. The monoisotopic (exact) mass is 312 g/mol. The second-order valence-electron chi connectivity index (χ2n) is 3.76. The number of hydrogen-bond acceptors (Lipinski definition) is 3. The summed E-state index contributed by atoms with van der Waals surface area (Å²) < 4.78 is 0. The van der Waals surface area contributed by atoms with Gasteiger partial charge in [0.25, 0.3) is 0 Å². The van der Waals surface area contributed by atoms with Crippen molar-refractivity contribution >= 4 is 51.7 Å². The van der Waals surface area contributed by atoms with Crippen LogP contribution in [0.5, 0.6) is 5.75 Å². The number of benzene rings is 2. The van der Waals surface area contributed by atoms with Gasteiger partial charge in [-0.2, -0.15) is 0 Å². The molecule has 2 aromatic carbocycles. The number of aromatic hydroxyl groups is 1. The fraction of sp³-hybridized carbons (Fsp3) is 0.0769. The molecule has 0 aliphatic carbocycles. The molecule has 1 nitrogen and oxygen atoms in total. The third kappa shape index (κ3) is 2.77. The SMILES string of the molecule is CSc1ccccc1P(=S)(S)c1ccc(O)cc1. The van der Waals surface area contributed by atoms with Crippen molar-refractivity contribution in [2.75, 3.05) is 6.26 Å². The fourth-order valence-corrected chi connectivity index (χ4v) is 6.49. The molecule has 0 radical (unpaired) electrons. The summed E-state index contributed by atoms with van der Waals surface area (Å²) >= 11 is 12.2. The van der Waals surface area contributed by atoms with Crippen molar-refractivity contribution in [3.63, 3.8) is 0 Å². The molecule has 2 aromatic rings. The molecule has 5 heteroatoms. The Morgan fingerprint density at radius 2 is 1.72 bits per heavy atom. The Kier molecular flexibility index (Phi) is 4.44. The van der Waals surface area contributed by atoms with Crippen molar-refractivity contribution in [3.05, 3.63) is 48.5 Å². The molecule has 0 bridgehead atoms. The van der Waals surface area contributed by atoms with Gasteiger partial charge in [0.05, 0.1) is 5.24 Å². The highest BCUT2D eigenvalue weighted by molar-refractivity contribution is 8.68. The van der Waals surface area contributed by atoms with Crippen LogP contribution in [-0.2, 0) is 11.8 Å². The number of phenols is 1. The van der Waals surface area contributed by atoms with Crippen LogP contribution in [0.4, 0.5) is 0 Å². The molecule has 0 saturated carbocycles. The number of thioether (sulfide) groups is 1. The van der Waals surface area contributed by atoms with Crippen LogP contribution in [0.2, 0.25) is 0 Å². The molecule has 18 heavy (non-hydrogen) atoms. The molecule has 0 amide bonds. The molecule has 94 valence electrons. The van der Waals surface area contributed by atoms with Crippen molar-refractivity contribution in [1.82, 2.24) is 0 Å². The topological polar surface area (TPSA) is 20.2 Å². The molecule has 0 saturated heterocycles. The lowest BCUT2D eigenvalue weighted by molar-refractivity contribution is 0.475. The molecule has 1 atom stereocenters. The average Bonchev–Trinajstić information content (AvgIpc) is 2.39. The lowest BCUT2D eigenvalue weighted by Gasteiger charge is -2.19. The van der Waals surface area contributed by atoms with E-state index in [0.29, 0.717) is 0 Å². The van der Waals surface area contributed by atoms with Crippen LogP contribution in [-0.4, -0.2) is 11.4 Å². The molecular weight excluding hydrogens is 299 g/mol. The quantitative estimate of drug-likeness (QED) is 0.515. The third-order valence-corrected chi connectivity index (χ3v) is 8.16. The maximum absolute atomic E-state index is 9.34. The summed E-state index contributed by atoms with van der Waals surface area (Å²) in [6, 6.07) is 15.2. The average molecular weight is 312 g/mol. The van der Waals surface area contributed by atoms with Crippen LogP contribution in [0.1, 0.15) is 0 Å². The van der Waals surface area contributed by atoms with E-state index in [2.05, 4.69) is 6.07 Å². The summed E-state index contributed by atoms with van der Waals surface area (Å²) in [4.78, 5) is 1.17. The second-order valence-corrected chi connectivity index (χ2v) is 11.0. The van der Waals surface area contributed by atoms with Gasteiger partial charge in [-0.1, -0.05) is 30.0 Å². The number of phenolic OH excluding ortho intramolecular Hbond substituents is 1. The first-order chi connectivity index (χ1) is 8.55. The van der Waals surface area contributed by atoms with Gasteiger partial charge in [0.2, 0.25) is 0 Å². The van der Waals surface area contributed by atoms with Gasteiger partial charge in [-0.3, -0.25) is 0 Å². The van der Waals surface area contributed by atoms with Crippen LogP contribution in [0, 0.1) is 0 Å². The van der Waals surface area contributed by atoms with Gasteiger partial charge in [-0.15, -0.1) is 24.0 Å². The lowest BCUT2D eigenvalue weighted by atomic mass is 10.3. The highest BCUT2D eigenvalue weighted by Crippen LogP contribution is 2.50. The predicted molar refractivity (Wildman–Crippen MR) is 88.9 cm³/mol. The first-order valence-corrected chi connectivity index (χ1v) is 10.5. The molecule has 0 heterocycles. The summed E-state index contributed by atoms with van der Waals surface area (Å²) in [6.07, 6.45) is 2.04. The van der Waals surface area contributed by atoms with Crippen molar-refractivity contribution in [2.45, 2.75) is 4.90 Å². The molecule has 2 rings (SSSR count). The molecule has 0 fully saturated rings. The summed E-state index contributed by atoms with van der Waals surface area (Å²) in [5, 5.41) is 9.38. The van der Waals surface area contributed by atoms with Crippen LogP contribution in [0.25, 0.3) is 0 Å². The van der Waals surface area contributed by atoms with E-state index < -0.39 is 5.24 Å². The van der Waals surface area contributed by atoms with Gasteiger partial charge in [0, 0.05) is 10.2 Å². The maximum atomic E-state index is 9.34. The Hall–Kier alpha value is -0.410. The van der Waals surface area contributed by atoms with Gasteiger partial charge in [-0.25, -0.2) is 0 Å². The van der Waals surface area contributed by atoms with E-state index in [1.807, 2.05) is 36.6 Å². The highest BCUT2D eigenvalue weighted by Gasteiger charge is 2.20. The van der Waals surface area contributed by atoms with Crippen LogP contribution in [0.15, 0.2) is 53.4 Å². The first kappa shape index (κ1) is 14.0. The fourth-order valence-electron chi connectivity index (χ4n) is 1.67. The number of rotatable bonds is 3. The minimum absolute atomic E-state index is 0.250. The van der Waals surface area contributed by atoms with E-state index in [-0.39, 0.29) is 5.75 Å². The van der Waals surface area contributed by atoms with Crippen LogP contribution in [0.3, 0.4) is 0 Å². The minimum atomic E-state index is -2.08. The van der Waals surface area contributed by atoms with E-state index in [1.165, 1.54) is 4.90 Å². The van der Waals surface area contributed by atoms with Crippen molar-refractivity contribution in [2.24, 2.45) is 0 Å². The third-order valence-electron chi connectivity index (χ3n) is 2.61. The Labute approximate surface area is 122 Å². The normalized spacial score (nSPS) is 14.1. The van der Waals surface area contributed by atoms with Gasteiger partial charge in [0.15, 0.2) is 0 Å². The van der Waals surface area contributed by atoms with E-state index >= 15 is 0 Å². The molecule has 0 aliphatic heterocycles. The molecule has 1 N–H and O–H groups in total. The standard InChI is InChI=1S/C13H13OPS3/c1-18-13-5-3-2-4-12(13)15(16,17)11-8-6-10(14)7-9-11/h2-9,14H,1H3,(H,16,17). The number of thiol groups is 1. The number of hydrogen-bond donors (Lipinski definition) is 2. The minimum Gasteiger partial charge on any atom is -0.508 e. The second kappa shape index (κ2) is 5.70. The summed E-state index contributed by atoms with van der Waals surface area (Å²) in [7, 11) is 0. The Balaban J connectivity index is 2.54. The van der Waals surface area contributed by atoms with E-state index in [4.69, 9.17) is 24.1 Å². The largest absolute Gasteiger partial charge is 0.508 e. The van der Waals surface area contributed by atoms with Crippen LogP contribution < -0.4 is 10.6 Å². The lowest BCUT2D eigenvalue weighted by Crippen LogP contribution is -2.13. The maximum Gasteiger partial charge on any atom is 0.115 e. The molecule has 1 unspecified atom stereocenters. The predicted octanol–water partition coefficient (Wildman–Crippen LogP) is 3.39. The van der Waals surface area contributed by atoms with Gasteiger partial charge in [-0.05, 0) is 41.9 Å². The molecular formula is C13H13OPS3. The summed E-state index contributed by atoms with van der Waals surface area (Å²) in [6.45, 7) is 0. The zero-order valence-electron chi connectivity index (χ0n) is 9.78. The van der Waals surface area contributed by atoms with E-state index in [9.17, 15) is 5.11 Å².